The summed E-state index contributed by atoms with van der Waals surface area (Å²) in [5, 5.41) is 20.1. The summed E-state index contributed by atoms with van der Waals surface area (Å²) in [6, 6.07) is 23.9. The van der Waals surface area contributed by atoms with E-state index in [-0.39, 0.29) is 22.6 Å². The van der Waals surface area contributed by atoms with Gasteiger partial charge in [-0.2, -0.15) is 0 Å². The van der Waals surface area contributed by atoms with Crippen LogP contribution in [0.4, 0.5) is 11.4 Å². The normalized spacial score (nSPS) is 11.1. The highest BCUT2D eigenvalue weighted by atomic mass is 16.5. The van der Waals surface area contributed by atoms with Crippen LogP contribution in [-0.2, 0) is 0 Å². The Balaban J connectivity index is 1.39. The number of phenols is 2. The van der Waals surface area contributed by atoms with E-state index in [0.29, 0.717) is 46.6 Å². The molecular weight excluding hydrogens is 444 g/mol. The third-order valence-corrected chi connectivity index (χ3v) is 5.07. The number of carbonyl (C=O) groups excluding carboxylic acids is 2. The van der Waals surface area contributed by atoms with Crippen LogP contribution in [0.15, 0.2) is 94.9 Å². The molecule has 4 rings (SSSR count). The molecule has 35 heavy (non-hydrogen) atoms. The van der Waals surface area contributed by atoms with Crippen LogP contribution in [0.2, 0.25) is 0 Å². The van der Waals surface area contributed by atoms with Gasteiger partial charge in [0.25, 0.3) is 0 Å². The molecule has 0 unspecified atom stereocenters. The van der Waals surface area contributed by atoms with Crippen LogP contribution in [0, 0.1) is 0 Å². The van der Waals surface area contributed by atoms with Crippen molar-refractivity contribution in [2.45, 2.75) is 0 Å². The fourth-order valence-corrected chi connectivity index (χ4v) is 3.18. The Bertz CT molecular complexity index is 1300. The molecule has 0 fully saturated rings. The molecular formula is C28H20N2O5. The van der Waals surface area contributed by atoms with Gasteiger partial charge in [-0.15, -0.1) is 0 Å². The number of nitrogens with zero attached hydrogens (tertiary/aromatic N) is 2. The molecule has 0 amide bonds. The molecule has 0 aliphatic heterocycles. The summed E-state index contributed by atoms with van der Waals surface area (Å²) in [5.74, 6) is 1.01. The molecule has 0 heterocycles. The van der Waals surface area contributed by atoms with Crippen molar-refractivity contribution in [3.8, 4) is 23.0 Å². The molecule has 172 valence electrons. The van der Waals surface area contributed by atoms with E-state index >= 15 is 0 Å². The van der Waals surface area contributed by atoms with Gasteiger partial charge in [-0.05, 0) is 72.8 Å². The van der Waals surface area contributed by atoms with E-state index in [9.17, 15) is 19.8 Å². The van der Waals surface area contributed by atoms with E-state index in [1.54, 1.807) is 72.8 Å². The first-order valence-corrected chi connectivity index (χ1v) is 10.6. The highest BCUT2D eigenvalue weighted by molar-refractivity contribution is 5.92. The summed E-state index contributed by atoms with van der Waals surface area (Å²) >= 11 is 0. The molecule has 0 atom stereocenters. The van der Waals surface area contributed by atoms with Crippen molar-refractivity contribution in [1.29, 1.82) is 0 Å². The highest BCUT2D eigenvalue weighted by Crippen LogP contribution is 2.27. The summed E-state index contributed by atoms with van der Waals surface area (Å²) in [6.07, 6.45) is 4.17. The second-order valence-electron chi connectivity index (χ2n) is 7.41. The van der Waals surface area contributed by atoms with Crippen LogP contribution in [-0.4, -0.2) is 35.2 Å². The molecule has 7 heteroatoms. The van der Waals surface area contributed by atoms with Crippen molar-refractivity contribution in [3.63, 3.8) is 0 Å². The average molecular weight is 464 g/mol. The lowest BCUT2D eigenvalue weighted by Gasteiger charge is -2.06. The fourth-order valence-electron chi connectivity index (χ4n) is 3.18. The minimum atomic E-state index is -0.106. The van der Waals surface area contributed by atoms with Gasteiger partial charge in [-0.1, -0.05) is 12.1 Å². The molecule has 4 aromatic carbocycles. The molecule has 0 aliphatic rings. The Morgan fingerprint density at radius 1 is 0.543 bits per heavy atom. The van der Waals surface area contributed by atoms with Crippen LogP contribution >= 0.6 is 0 Å². The molecule has 0 saturated carbocycles. The van der Waals surface area contributed by atoms with Crippen LogP contribution in [0.1, 0.15) is 31.8 Å². The zero-order valence-electron chi connectivity index (χ0n) is 18.4. The molecule has 4 aromatic rings. The number of carbonyl (C=O) groups is 2. The van der Waals surface area contributed by atoms with Crippen LogP contribution in [0.25, 0.3) is 0 Å². The molecule has 0 aliphatic carbocycles. The summed E-state index contributed by atoms with van der Waals surface area (Å²) in [4.78, 5) is 30.5. The van der Waals surface area contributed by atoms with Gasteiger partial charge in [0.2, 0.25) is 0 Å². The van der Waals surface area contributed by atoms with E-state index in [2.05, 4.69) is 9.98 Å². The predicted molar refractivity (Wildman–Crippen MR) is 134 cm³/mol. The van der Waals surface area contributed by atoms with Crippen molar-refractivity contribution in [3.05, 3.63) is 107 Å². The SMILES string of the molecule is O=Cc1cccc(C=Nc2ccc(Oc3ccc(N=Cc4cccc(C=O)c4O)cc3)cc2)c1O. The number of hydrogen-bond donors (Lipinski definition) is 2. The van der Waals surface area contributed by atoms with E-state index < -0.39 is 0 Å². The van der Waals surface area contributed by atoms with E-state index in [0.717, 1.165) is 0 Å². The molecule has 0 aromatic heterocycles. The second kappa shape index (κ2) is 10.7. The summed E-state index contributed by atoms with van der Waals surface area (Å²) in [6.45, 7) is 0. The van der Waals surface area contributed by atoms with Crippen LogP contribution in [0.5, 0.6) is 23.0 Å². The largest absolute Gasteiger partial charge is 0.507 e. The van der Waals surface area contributed by atoms with Gasteiger partial charge < -0.3 is 14.9 Å². The van der Waals surface area contributed by atoms with Crippen molar-refractivity contribution >= 4 is 36.4 Å². The standard InChI is InChI=1S/C28H20N2O5/c31-17-21-5-1-3-19(27(21)33)15-29-23-7-11-25(12-8-23)35-26-13-9-24(10-14-26)30-16-20-4-2-6-22(18-32)28(20)34/h1-18,33-34H. The van der Waals surface area contributed by atoms with Gasteiger partial charge in [-0.25, -0.2) is 0 Å². The van der Waals surface area contributed by atoms with E-state index in [1.165, 1.54) is 24.6 Å². The van der Waals surface area contributed by atoms with Gasteiger partial charge in [-0.3, -0.25) is 19.6 Å². The summed E-state index contributed by atoms with van der Waals surface area (Å²) in [5.41, 5.74) is 2.62. The number of benzene rings is 4. The summed E-state index contributed by atoms with van der Waals surface area (Å²) in [7, 11) is 0. The third kappa shape index (κ3) is 5.66. The maximum atomic E-state index is 10.9. The minimum absolute atomic E-state index is 0.106. The Labute approximate surface area is 201 Å². The number of phenolic OH excluding ortho intramolecular Hbond substituents is 2. The quantitative estimate of drug-likeness (QED) is 0.245. The maximum absolute atomic E-state index is 10.9. The summed E-state index contributed by atoms with van der Waals surface area (Å²) < 4.78 is 5.85. The number of hydrogen-bond acceptors (Lipinski definition) is 7. The first-order chi connectivity index (χ1) is 17.1. The molecule has 0 spiro atoms. The molecule has 2 N–H and O–H groups in total. The zero-order chi connectivity index (χ0) is 24.6. The van der Waals surface area contributed by atoms with Crippen molar-refractivity contribution in [2.24, 2.45) is 9.98 Å². The molecule has 0 radical (unpaired) electrons. The van der Waals surface area contributed by atoms with E-state index in [4.69, 9.17) is 4.74 Å². The van der Waals surface area contributed by atoms with Crippen molar-refractivity contribution in [2.75, 3.05) is 0 Å². The molecule has 7 nitrogen and oxygen atoms in total. The number of ether oxygens (including phenoxy) is 1. The minimum Gasteiger partial charge on any atom is -0.507 e. The lowest BCUT2D eigenvalue weighted by atomic mass is 10.1. The maximum Gasteiger partial charge on any atom is 0.153 e. The first kappa shape index (κ1) is 23.1. The van der Waals surface area contributed by atoms with Gasteiger partial charge in [0.15, 0.2) is 12.6 Å². The van der Waals surface area contributed by atoms with E-state index in [1.807, 2.05) is 0 Å². The Morgan fingerprint density at radius 3 is 1.29 bits per heavy atom. The van der Waals surface area contributed by atoms with Gasteiger partial charge in [0.1, 0.15) is 23.0 Å². The van der Waals surface area contributed by atoms with Crippen molar-refractivity contribution in [1.82, 2.24) is 0 Å². The molecule has 0 saturated heterocycles. The lowest BCUT2D eigenvalue weighted by Crippen LogP contribution is -1.88. The Hall–Kier alpha value is -5.04. The Kier molecular flexibility index (Phi) is 7.08. The predicted octanol–water partition coefficient (Wildman–Crippen LogP) is 6.02. The van der Waals surface area contributed by atoms with Crippen molar-refractivity contribution < 1.29 is 24.5 Å². The monoisotopic (exact) mass is 464 g/mol. The topological polar surface area (TPSA) is 109 Å². The smallest absolute Gasteiger partial charge is 0.153 e. The average Bonchev–Trinajstić information content (AvgIpc) is 2.89. The van der Waals surface area contributed by atoms with Crippen LogP contribution < -0.4 is 4.74 Å². The number of aromatic hydroxyl groups is 2. The number of rotatable bonds is 8. The van der Waals surface area contributed by atoms with Crippen LogP contribution in [0.3, 0.4) is 0 Å². The number of para-hydroxylation sites is 2. The van der Waals surface area contributed by atoms with Gasteiger partial charge in [0.05, 0.1) is 22.5 Å². The third-order valence-electron chi connectivity index (χ3n) is 5.07. The number of aldehydes is 2. The lowest BCUT2D eigenvalue weighted by molar-refractivity contribution is 0.111. The highest BCUT2D eigenvalue weighted by Gasteiger charge is 2.05. The zero-order valence-corrected chi connectivity index (χ0v) is 18.4. The molecule has 0 bridgehead atoms. The Morgan fingerprint density at radius 2 is 0.914 bits per heavy atom. The fraction of sp³-hybridized carbons (Fsp3) is 0. The van der Waals surface area contributed by atoms with Gasteiger partial charge in [0, 0.05) is 23.6 Å². The first-order valence-electron chi connectivity index (χ1n) is 10.6. The van der Waals surface area contributed by atoms with Gasteiger partial charge >= 0.3 is 0 Å². The number of aliphatic imine (C=N–C) groups is 2. The second-order valence-corrected chi connectivity index (χ2v) is 7.41.